The van der Waals surface area contributed by atoms with Crippen molar-refractivity contribution in [2.75, 3.05) is 13.1 Å². The van der Waals surface area contributed by atoms with Gasteiger partial charge in [-0.3, -0.25) is 14.2 Å². The van der Waals surface area contributed by atoms with Crippen molar-refractivity contribution in [2.24, 2.45) is 0 Å². The van der Waals surface area contributed by atoms with E-state index in [1.807, 2.05) is 0 Å². The van der Waals surface area contributed by atoms with Crippen LogP contribution in [0.15, 0.2) is 17.2 Å². The van der Waals surface area contributed by atoms with Gasteiger partial charge in [-0.15, -0.1) is 0 Å². The fourth-order valence-corrected chi connectivity index (χ4v) is 1.85. The summed E-state index contributed by atoms with van der Waals surface area (Å²) in [5.74, 6) is 0.00486. The molecule has 0 saturated carbocycles. The normalized spacial score (nSPS) is 15.4. The average molecular weight is 221 g/mol. The van der Waals surface area contributed by atoms with Gasteiger partial charge in [0, 0.05) is 24.8 Å². The molecule has 86 valence electrons. The van der Waals surface area contributed by atoms with E-state index in [1.54, 1.807) is 11.8 Å². The molecule has 16 heavy (non-hydrogen) atoms. The first-order valence-electron chi connectivity index (χ1n) is 5.48. The molecule has 0 N–H and O–H groups in total. The number of carbonyl (C=O) groups excluding carboxylic acids is 1. The van der Waals surface area contributed by atoms with Crippen LogP contribution in [0.1, 0.15) is 18.5 Å². The fourth-order valence-electron chi connectivity index (χ4n) is 1.85. The van der Waals surface area contributed by atoms with Gasteiger partial charge >= 0.3 is 0 Å². The number of aryl methyl sites for hydroxylation is 1. The summed E-state index contributed by atoms with van der Waals surface area (Å²) in [5.41, 5.74) is 0.509. The smallest absolute Gasteiger partial charge is 0.253 e. The zero-order valence-corrected chi connectivity index (χ0v) is 9.35. The van der Waals surface area contributed by atoms with E-state index in [4.69, 9.17) is 0 Å². The zero-order chi connectivity index (χ0) is 11.5. The zero-order valence-electron chi connectivity index (χ0n) is 9.35. The Morgan fingerprint density at radius 1 is 1.44 bits per heavy atom. The number of likely N-dealkylation sites (tertiary alicyclic amines) is 1. The Morgan fingerprint density at radius 2 is 2.12 bits per heavy atom. The third-order valence-electron chi connectivity index (χ3n) is 2.78. The van der Waals surface area contributed by atoms with Crippen LogP contribution in [0.5, 0.6) is 0 Å². The van der Waals surface area contributed by atoms with Crippen molar-refractivity contribution in [1.29, 1.82) is 0 Å². The molecular weight excluding hydrogens is 206 g/mol. The number of rotatable bonds is 2. The molecule has 1 aromatic heterocycles. The largest absolute Gasteiger partial charge is 0.341 e. The summed E-state index contributed by atoms with van der Waals surface area (Å²) in [6, 6.07) is 1.44. The van der Waals surface area contributed by atoms with Gasteiger partial charge in [0.25, 0.3) is 5.56 Å². The summed E-state index contributed by atoms with van der Waals surface area (Å²) in [6.07, 6.45) is 3.56. The van der Waals surface area contributed by atoms with Crippen LogP contribution in [0.2, 0.25) is 0 Å². The van der Waals surface area contributed by atoms with E-state index in [0.29, 0.717) is 5.69 Å². The molecule has 0 unspecified atom stereocenters. The van der Waals surface area contributed by atoms with Gasteiger partial charge in [-0.1, -0.05) is 0 Å². The van der Waals surface area contributed by atoms with Gasteiger partial charge in [0.1, 0.15) is 6.54 Å². The van der Waals surface area contributed by atoms with Crippen LogP contribution in [0.3, 0.4) is 0 Å². The summed E-state index contributed by atoms with van der Waals surface area (Å²) in [4.78, 5) is 29.1. The number of nitrogens with zero attached hydrogens (tertiary/aromatic N) is 3. The summed E-state index contributed by atoms with van der Waals surface area (Å²) in [6.45, 7) is 3.49. The van der Waals surface area contributed by atoms with Gasteiger partial charge in [0.05, 0.1) is 6.33 Å². The van der Waals surface area contributed by atoms with Crippen LogP contribution in [-0.2, 0) is 11.3 Å². The molecule has 0 radical (unpaired) electrons. The lowest BCUT2D eigenvalue weighted by Crippen LogP contribution is -2.34. The van der Waals surface area contributed by atoms with Crippen molar-refractivity contribution in [3.8, 4) is 0 Å². The highest BCUT2D eigenvalue weighted by Crippen LogP contribution is 2.07. The molecule has 2 rings (SSSR count). The minimum Gasteiger partial charge on any atom is -0.341 e. The first-order chi connectivity index (χ1) is 7.66. The quantitative estimate of drug-likeness (QED) is 0.715. The van der Waals surface area contributed by atoms with Crippen molar-refractivity contribution < 1.29 is 4.79 Å². The maximum Gasteiger partial charge on any atom is 0.253 e. The Bertz CT molecular complexity index is 447. The minimum absolute atomic E-state index is 0.00486. The number of hydrogen-bond donors (Lipinski definition) is 0. The molecule has 1 fully saturated rings. The van der Waals surface area contributed by atoms with E-state index in [1.165, 1.54) is 17.0 Å². The van der Waals surface area contributed by atoms with Crippen LogP contribution >= 0.6 is 0 Å². The third-order valence-corrected chi connectivity index (χ3v) is 2.78. The lowest BCUT2D eigenvalue weighted by molar-refractivity contribution is -0.130. The van der Waals surface area contributed by atoms with Crippen molar-refractivity contribution in [2.45, 2.75) is 26.3 Å². The molecule has 0 aromatic carbocycles. The molecule has 5 heteroatoms. The third kappa shape index (κ3) is 2.29. The SMILES string of the molecule is Cc1cc(=O)n(CC(=O)N2CCCC2)cn1. The van der Waals surface area contributed by atoms with E-state index >= 15 is 0 Å². The van der Waals surface area contributed by atoms with Gasteiger partial charge in [-0.05, 0) is 19.8 Å². The minimum atomic E-state index is -0.167. The number of aromatic nitrogens is 2. The molecule has 1 aliphatic rings. The van der Waals surface area contributed by atoms with Crippen molar-refractivity contribution in [3.63, 3.8) is 0 Å². The first kappa shape index (κ1) is 10.9. The van der Waals surface area contributed by atoms with Crippen LogP contribution in [-0.4, -0.2) is 33.4 Å². The van der Waals surface area contributed by atoms with Crippen LogP contribution in [0.25, 0.3) is 0 Å². The van der Waals surface area contributed by atoms with Gasteiger partial charge in [0.15, 0.2) is 0 Å². The van der Waals surface area contributed by atoms with Gasteiger partial charge in [0.2, 0.25) is 5.91 Å². The molecule has 1 aliphatic heterocycles. The van der Waals surface area contributed by atoms with Crippen molar-refractivity contribution in [1.82, 2.24) is 14.5 Å². The summed E-state index contributed by atoms with van der Waals surface area (Å²) < 4.78 is 1.35. The van der Waals surface area contributed by atoms with E-state index in [9.17, 15) is 9.59 Å². The molecule has 5 nitrogen and oxygen atoms in total. The van der Waals surface area contributed by atoms with Crippen LogP contribution < -0.4 is 5.56 Å². The summed E-state index contributed by atoms with van der Waals surface area (Å²) in [5, 5.41) is 0. The standard InChI is InChI=1S/C11H15N3O2/c1-9-6-10(15)14(8-12-9)7-11(16)13-4-2-3-5-13/h6,8H,2-5,7H2,1H3. The highest BCUT2D eigenvalue weighted by molar-refractivity contribution is 5.76. The second kappa shape index (κ2) is 4.47. The van der Waals surface area contributed by atoms with Crippen molar-refractivity contribution >= 4 is 5.91 Å². The first-order valence-corrected chi connectivity index (χ1v) is 5.48. The number of carbonyl (C=O) groups is 1. The Labute approximate surface area is 93.7 Å². The van der Waals surface area contributed by atoms with Crippen LogP contribution in [0.4, 0.5) is 0 Å². The predicted octanol–water partition coefficient (Wildman–Crippen LogP) is 0.174. The van der Waals surface area contributed by atoms with Gasteiger partial charge in [-0.25, -0.2) is 4.98 Å². The van der Waals surface area contributed by atoms with Crippen molar-refractivity contribution in [3.05, 3.63) is 28.4 Å². The molecule has 0 bridgehead atoms. The second-order valence-corrected chi connectivity index (χ2v) is 4.08. The number of amides is 1. The monoisotopic (exact) mass is 221 g/mol. The fraction of sp³-hybridized carbons (Fsp3) is 0.545. The van der Waals surface area contributed by atoms with Gasteiger partial charge < -0.3 is 4.90 Å². The molecule has 0 spiro atoms. The average Bonchev–Trinajstić information content (AvgIpc) is 2.75. The summed E-state index contributed by atoms with van der Waals surface area (Å²) in [7, 11) is 0. The molecular formula is C11H15N3O2. The lowest BCUT2D eigenvalue weighted by Gasteiger charge is -2.15. The Balaban J connectivity index is 2.08. The lowest BCUT2D eigenvalue weighted by atomic mass is 10.4. The molecule has 2 heterocycles. The maximum atomic E-state index is 11.8. The Morgan fingerprint density at radius 3 is 2.75 bits per heavy atom. The summed E-state index contributed by atoms with van der Waals surface area (Å²) >= 11 is 0. The maximum absolute atomic E-state index is 11.8. The molecule has 1 amide bonds. The van der Waals surface area contributed by atoms with Gasteiger partial charge in [-0.2, -0.15) is 0 Å². The molecule has 0 atom stereocenters. The molecule has 1 aromatic rings. The predicted molar refractivity (Wildman–Crippen MR) is 59.0 cm³/mol. The van der Waals surface area contributed by atoms with Crippen LogP contribution in [0, 0.1) is 6.92 Å². The van der Waals surface area contributed by atoms with E-state index in [0.717, 1.165) is 25.9 Å². The molecule has 0 aliphatic carbocycles. The second-order valence-electron chi connectivity index (χ2n) is 4.08. The van der Waals surface area contributed by atoms with E-state index < -0.39 is 0 Å². The Hall–Kier alpha value is -1.65. The highest BCUT2D eigenvalue weighted by atomic mass is 16.2. The van der Waals surface area contributed by atoms with E-state index in [-0.39, 0.29) is 18.0 Å². The Kier molecular flexibility index (Phi) is 3.03. The highest BCUT2D eigenvalue weighted by Gasteiger charge is 2.18. The van der Waals surface area contributed by atoms with E-state index in [2.05, 4.69) is 4.98 Å². The topological polar surface area (TPSA) is 55.2 Å². The molecule has 1 saturated heterocycles. The number of hydrogen-bond acceptors (Lipinski definition) is 3.